The Bertz CT molecular complexity index is 1210. The minimum absolute atomic E-state index is 0.120. The number of rotatable bonds is 4. The molecule has 1 N–H and O–H groups in total. The van der Waals surface area contributed by atoms with E-state index < -0.39 is 5.54 Å². The van der Waals surface area contributed by atoms with Gasteiger partial charge in [-0.15, -0.1) is 0 Å². The number of imidazole rings is 1. The van der Waals surface area contributed by atoms with Gasteiger partial charge in [-0.2, -0.15) is 0 Å². The molecule has 1 aliphatic heterocycles. The fourth-order valence-corrected chi connectivity index (χ4v) is 5.32. The van der Waals surface area contributed by atoms with Crippen molar-refractivity contribution in [1.29, 1.82) is 0 Å². The van der Waals surface area contributed by atoms with Gasteiger partial charge in [-0.3, -0.25) is 9.59 Å². The van der Waals surface area contributed by atoms with Crippen LogP contribution < -0.4 is 5.32 Å². The molecule has 0 bridgehead atoms. The maximum absolute atomic E-state index is 13.8. The van der Waals surface area contributed by atoms with Crippen molar-refractivity contribution in [2.24, 2.45) is 5.92 Å². The highest BCUT2D eigenvalue weighted by atomic mass is 35.5. The third-order valence-corrected chi connectivity index (χ3v) is 7.65. The molecule has 2 aliphatic rings. The van der Waals surface area contributed by atoms with Gasteiger partial charge in [0.15, 0.2) is 5.82 Å². The molecule has 0 saturated heterocycles. The number of fused-ring (bicyclic) bond motifs is 3. The Morgan fingerprint density at radius 1 is 1.12 bits per heavy atom. The molecule has 5 rings (SSSR count). The third-order valence-electron chi connectivity index (χ3n) is 7.28. The molecule has 0 unspecified atom stereocenters. The molecule has 3 aromatic rings. The van der Waals surface area contributed by atoms with Gasteiger partial charge in [0.1, 0.15) is 5.54 Å². The van der Waals surface area contributed by atoms with Crippen LogP contribution in [0.5, 0.6) is 0 Å². The lowest BCUT2D eigenvalue weighted by Crippen LogP contribution is -2.64. The van der Waals surface area contributed by atoms with Gasteiger partial charge in [-0.05, 0) is 62.3 Å². The van der Waals surface area contributed by atoms with Crippen molar-refractivity contribution in [3.63, 3.8) is 0 Å². The van der Waals surface area contributed by atoms with Crippen LogP contribution in [0.25, 0.3) is 11.0 Å². The Morgan fingerprint density at radius 3 is 2.58 bits per heavy atom. The van der Waals surface area contributed by atoms with Gasteiger partial charge in [0.05, 0.1) is 17.6 Å². The zero-order valence-electron chi connectivity index (χ0n) is 19.1. The number of nitrogens with one attached hydrogen (secondary N) is 1. The summed E-state index contributed by atoms with van der Waals surface area (Å²) < 4.78 is 1.89. The monoisotopic (exact) mass is 464 g/mol. The highest BCUT2D eigenvalue weighted by Crippen LogP contribution is 2.33. The molecule has 1 atom stereocenters. The van der Waals surface area contributed by atoms with E-state index in [0.29, 0.717) is 23.3 Å². The summed E-state index contributed by atoms with van der Waals surface area (Å²) in [5.41, 5.74) is 1.35. The Labute approximate surface area is 198 Å². The van der Waals surface area contributed by atoms with Crippen LogP contribution in [0.15, 0.2) is 48.5 Å². The summed E-state index contributed by atoms with van der Waals surface area (Å²) in [7, 11) is 0. The molecule has 6 nitrogen and oxygen atoms in total. The molecule has 7 heteroatoms. The number of halogens is 1. The number of benzene rings is 2. The average molecular weight is 465 g/mol. The van der Waals surface area contributed by atoms with E-state index in [0.717, 1.165) is 42.3 Å². The molecule has 33 heavy (non-hydrogen) atoms. The molecule has 172 valence electrons. The summed E-state index contributed by atoms with van der Waals surface area (Å²) in [5, 5.41) is 3.85. The van der Waals surface area contributed by atoms with E-state index in [4.69, 9.17) is 11.6 Å². The molecular weight excluding hydrogens is 436 g/mol. The lowest BCUT2D eigenvalue weighted by atomic mass is 9.86. The molecule has 2 heterocycles. The molecule has 1 fully saturated rings. The zero-order valence-corrected chi connectivity index (χ0v) is 19.8. The minimum Gasteiger partial charge on any atom is -0.351 e. The molecule has 0 spiro atoms. The van der Waals surface area contributed by atoms with Gasteiger partial charge in [-0.25, -0.2) is 4.98 Å². The van der Waals surface area contributed by atoms with Gasteiger partial charge >= 0.3 is 0 Å². The number of aromatic nitrogens is 2. The largest absolute Gasteiger partial charge is 0.351 e. The van der Waals surface area contributed by atoms with Crippen molar-refractivity contribution >= 4 is 34.4 Å². The predicted octanol–water partition coefficient (Wildman–Crippen LogP) is 4.80. The summed E-state index contributed by atoms with van der Waals surface area (Å²) >= 11 is 6.44. The maximum atomic E-state index is 13.8. The summed E-state index contributed by atoms with van der Waals surface area (Å²) in [5.74, 6) is 0.680. The van der Waals surface area contributed by atoms with Crippen LogP contribution in [0.1, 0.15) is 55.7 Å². The van der Waals surface area contributed by atoms with Crippen LogP contribution in [0.4, 0.5) is 0 Å². The number of hydrogen-bond donors (Lipinski definition) is 1. The van der Waals surface area contributed by atoms with Crippen LogP contribution in [0.3, 0.4) is 0 Å². The first kappa shape index (κ1) is 22.0. The fraction of sp³-hybridized carbons (Fsp3) is 0.423. The van der Waals surface area contributed by atoms with E-state index in [2.05, 4.69) is 17.2 Å². The molecule has 1 saturated carbocycles. The first-order valence-electron chi connectivity index (χ1n) is 11.7. The summed E-state index contributed by atoms with van der Waals surface area (Å²) in [4.78, 5) is 33.8. The van der Waals surface area contributed by atoms with Crippen molar-refractivity contribution in [1.82, 2.24) is 19.8 Å². The molecule has 1 aliphatic carbocycles. The molecule has 2 amide bonds. The van der Waals surface area contributed by atoms with Crippen LogP contribution in [0, 0.1) is 5.92 Å². The van der Waals surface area contributed by atoms with Crippen LogP contribution in [0.2, 0.25) is 5.02 Å². The number of nitrogens with zero attached hydrogens (tertiary/aromatic N) is 3. The topological polar surface area (TPSA) is 67.2 Å². The number of hydrogen-bond acceptors (Lipinski definition) is 3. The second kappa shape index (κ2) is 8.49. The molecule has 1 aromatic heterocycles. The van der Waals surface area contributed by atoms with E-state index >= 15 is 0 Å². The summed E-state index contributed by atoms with van der Waals surface area (Å²) in [6.45, 7) is 4.71. The highest BCUT2D eigenvalue weighted by molar-refractivity contribution is 6.31. The van der Waals surface area contributed by atoms with Crippen LogP contribution >= 0.6 is 11.6 Å². The Hall–Kier alpha value is -2.86. The van der Waals surface area contributed by atoms with Gasteiger partial charge < -0.3 is 14.8 Å². The van der Waals surface area contributed by atoms with Crippen molar-refractivity contribution in [2.75, 3.05) is 0 Å². The van der Waals surface area contributed by atoms with Crippen molar-refractivity contribution < 1.29 is 9.59 Å². The Balaban J connectivity index is 1.54. The van der Waals surface area contributed by atoms with E-state index in [1.54, 1.807) is 11.0 Å². The normalized spacial score (nSPS) is 25.2. The molecular formula is C26H29ClN4O2. The maximum Gasteiger partial charge on any atom is 0.291 e. The van der Waals surface area contributed by atoms with Gasteiger partial charge in [0, 0.05) is 17.6 Å². The second-order valence-corrected chi connectivity index (χ2v) is 10.1. The number of carbonyl (C=O) groups is 2. The highest BCUT2D eigenvalue weighted by Gasteiger charge is 2.49. The summed E-state index contributed by atoms with van der Waals surface area (Å²) in [6, 6.07) is 15.3. The van der Waals surface area contributed by atoms with Crippen LogP contribution in [-0.2, 0) is 17.9 Å². The molecule has 0 radical (unpaired) electrons. The first-order valence-corrected chi connectivity index (χ1v) is 12.1. The Morgan fingerprint density at radius 2 is 1.82 bits per heavy atom. The van der Waals surface area contributed by atoms with E-state index in [-0.39, 0.29) is 24.4 Å². The average Bonchev–Trinajstić information content (AvgIpc) is 3.18. The fourth-order valence-electron chi connectivity index (χ4n) is 5.12. The lowest BCUT2D eigenvalue weighted by molar-refractivity contribution is -0.134. The minimum atomic E-state index is -1.07. The predicted molar refractivity (Wildman–Crippen MR) is 129 cm³/mol. The van der Waals surface area contributed by atoms with E-state index in [1.807, 2.05) is 54.0 Å². The van der Waals surface area contributed by atoms with Gasteiger partial charge in [0.2, 0.25) is 5.91 Å². The van der Waals surface area contributed by atoms with Crippen molar-refractivity contribution in [2.45, 2.75) is 64.2 Å². The van der Waals surface area contributed by atoms with E-state index in [1.165, 1.54) is 0 Å². The molecule has 2 aromatic carbocycles. The zero-order chi connectivity index (χ0) is 23.2. The van der Waals surface area contributed by atoms with Crippen molar-refractivity contribution in [3.8, 4) is 0 Å². The lowest BCUT2D eigenvalue weighted by Gasteiger charge is -2.44. The number of carbonyl (C=O) groups excluding carboxylic acids is 2. The quantitative estimate of drug-likeness (QED) is 0.603. The van der Waals surface area contributed by atoms with Crippen LogP contribution in [-0.4, -0.2) is 37.8 Å². The SMILES string of the molecule is CC1CCC(NC(=O)[C@@]2(C)Cn3c(nc4ccccc43)C(=O)N2Cc2ccccc2Cl)CC1. The van der Waals surface area contributed by atoms with Gasteiger partial charge in [-0.1, -0.05) is 48.9 Å². The third kappa shape index (κ3) is 3.90. The van der Waals surface area contributed by atoms with Gasteiger partial charge in [0.25, 0.3) is 5.91 Å². The smallest absolute Gasteiger partial charge is 0.291 e. The van der Waals surface area contributed by atoms with E-state index in [9.17, 15) is 9.59 Å². The standard InChI is InChI=1S/C26H29ClN4O2/c1-17-11-13-19(14-12-17)28-25(33)26(2)16-30-22-10-6-5-9-21(22)29-23(30)24(32)31(26)15-18-7-3-4-8-20(18)27/h3-10,17,19H,11-16H2,1-2H3,(H,28,33)/t17?,19?,26-/m1/s1. The Kier molecular flexibility index (Phi) is 5.65. The summed E-state index contributed by atoms with van der Waals surface area (Å²) in [6.07, 6.45) is 4.17. The number of amides is 2. The first-order chi connectivity index (χ1) is 15.9. The number of para-hydroxylation sites is 2. The second-order valence-electron chi connectivity index (χ2n) is 9.70. The van der Waals surface area contributed by atoms with Crippen molar-refractivity contribution in [3.05, 3.63) is 64.9 Å².